The van der Waals surface area contributed by atoms with Crippen molar-refractivity contribution in [2.45, 2.75) is 49.1 Å². The number of piperazine rings is 1. The minimum atomic E-state index is -3.79. The number of carbonyl (C=O) groups excluding carboxylic acids is 1. The number of rotatable bonds is 10. The normalized spacial score (nSPS) is 17.5. The summed E-state index contributed by atoms with van der Waals surface area (Å²) in [5.41, 5.74) is 1.91. The van der Waals surface area contributed by atoms with Crippen molar-refractivity contribution in [2.75, 3.05) is 18.4 Å². The van der Waals surface area contributed by atoms with Crippen LogP contribution < -0.4 is 10.6 Å². The van der Waals surface area contributed by atoms with E-state index < -0.39 is 45.3 Å². The molecule has 0 saturated carbocycles. The van der Waals surface area contributed by atoms with Gasteiger partial charge in [0.25, 0.3) is 0 Å². The van der Waals surface area contributed by atoms with Gasteiger partial charge < -0.3 is 10.6 Å². The van der Waals surface area contributed by atoms with Crippen molar-refractivity contribution >= 4 is 21.6 Å². The van der Waals surface area contributed by atoms with Crippen LogP contribution in [0, 0.1) is 17.5 Å². The molecule has 44 heavy (non-hydrogen) atoms. The summed E-state index contributed by atoms with van der Waals surface area (Å²) >= 11 is 0. The van der Waals surface area contributed by atoms with E-state index in [1.165, 1.54) is 40.7 Å². The first-order valence-electron chi connectivity index (χ1n) is 14.5. The highest BCUT2D eigenvalue weighted by molar-refractivity contribution is 7.89. The van der Waals surface area contributed by atoms with Crippen LogP contribution in [0.2, 0.25) is 0 Å². The van der Waals surface area contributed by atoms with Crippen molar-refractivity contribution in [3.8, 4) is 0 Å². The lowest BCUT2D eigenvalue weighted by Gasteiger charge is -2.40. The van der Waals surface area contributed by atoms with Crippen LogP contribution in [0.3, 0.4) is 0 Å². The maximum atomic E-state index is 15.2. The molecule has 10 heteroatoms. The summed E-state index contributed by atoms with van der Waals surface area (Å²) in [7, 11) is -3.79. The molecule has 2 N–H and O–H groups in total. The van der Waals surface area contributed by atoms with Gasteiger partial charge in [-0.05, 0) is 79.4 Å². The van der Waals surface area contributed by atoms with Crippen molar-refractivity contribution in [3.05, 3.63) is 131 Å². The summed E-state index contributed by atoms with van der Waals surface area (Å²) in [6.07, 6.45) is 0.447. The molecule has 0 aliphatic carbocycles. The zero-order chi connectivity index (χ0) is 31.3. The third kappa shape index (κ3) is 7.20. The fourth-order valence-electron chi connectivity index (χ4n) is 5.82. The van der Waals surface area contributed by atoms with Gasteiger partial charge in [-0.25, -0.2) is 21.6 Å². The lowest BCUT2D eigenvalue weighted by Crippen LogP contribution is -2.58. The van der Waals surface area contributed by atoms with Crippen LogP contribution in [0.4, 0.5) is 18.9 Å². The predicted octanol–water partition coefficient (Wildman–Crippen LogP) is 6.25. The van der Waals surface area contributed by atoms with Crippen molar-refractivity contribution in [2.24, 2.45) is 0 Å². The average molecular weight is 622 g/mol. The molecule has 1 amide bonds. The molecule has 0 unspecified atom stereocenters. The number of sulfonamides is 1. The van der Waals surface area contributed by atoms with E-state index in [0.29, 0.717) is 36.3 Å². The van der Waals surface area contributed by atoms with Crippen molar-refractivity contribution in [1.29, 1.82) is 0 Å². The topological polar surface area (TPSA) is 78.5 Å². The molecule has 4 aromatic rings. The van der Waals surface area contributed by atoms with Crippen LogP contribution in [0.5, 0.6) is 0 Å². The van der Waals surface area contributed by atoms with Gasteiger partial charge in [-0.3, -0.25) is 4.79 Å². The van der Waals surface area contributed by atoms with Crippen LogP contribution in [0.1, 0.15) is 42.4 Å². The van der Waals surface area contributed by atoms with Gasteiger partial charge in [0, 0.05) is 48.8 Å². The number of benzene rings is 4. The third-order valence-corrected chi connectivity index (χ3v) is 10.1. The first-order chi connectivity index (χ1) is 21.1. The molecule has 1 fully saturated rings. The maximum Gasteiger partial charge on any atom is 0.243 e. The van der Waals surface area contributed by atoms with E-state index in [-0.39, 0.29) is 29.3 Å². The van der Waals surface area contributed by atoms with E-state index in [2.05, 4.69) is 10.6 Å². The Balaban J connectivity index is 1.35. The Morgan fingerprint density at radius 2 is 1.48 bits per heavy atom. The average Bonchev–Trinajstić information content (AvgIpc) is 3.01. The highest BCUT2D eigenvalue weighted by atomic mass is 32.2. The second kappa shape index (κ2) is 13.8. The number of nitrogens with one attached hydrogen (secondary N) is 2. The molecule has 6 nitrogen and oxygen atoms in total. The van der Waals surface area contributed by atoms with Gasteiger partial charge in [-0.15, -0.1) is 0 Å². The molecule has 1 saturated heterocycles. The van der Waals surface area contributed by atoms with Crippen LogP contribution in [0.15, 0.2) is 102 Å². The van der Waals surface area contributed by atoms with Crippen LogP contribution >= 0.6 is 0 Å². The van der Waals surface area contributed by atoms with Crippen LogP contribution in [-0.2, 0) is 21.2 Å². The quantitative estimate of drug-likeness (QED) is 0.220. The lowest BCUT2D eigenvalue weighted by atomic mass is 9.88. The Bertz CT molecular complexity index is 1640. The number of amides is 1. The van der Waals surface area contributed by atoms with E-state index in [1.807, 2.05) is 6.92 Å². The molecule has 4 aromatic carbocycles. The first-order valence-corrected chi connectivity index (χ1v) is 15.9. The molecule has 0 aromatic heterocycles. The molecule has 1 aliphatic rings. The number of nitrogens with zero attached hydrogens (tertiary/aromatic N) is 1. The molecule has 0 bridgehead atoms. The van der Waals surface area contributed by atoms with Gasteiger partial charge in [-0.1, -0.05) is 48.5 Å². The smallest absolute Gasteiger partial charge is 0.243 e. The van der Waals surface area contributed by atoms with Gasteiger partial charge in [0.2, 0.25) is 15.9 Å². The monoisotopic (exact) mass is 621 g/mol. The summed E-state index contributed by atoms with van der Waals surface area (Å²) in [4.78, 5) is 13.6. The largest absolute Gasteiger partial charge is 0.326 e. The Hall–Kier alpha value is -3.99. The molecule has 0 spiro atoms. The summed E-state index contributed by atoms with van der Waals surface area (Å²) < 4.78 is 71.2. The molecule has 1 heterocycles. The highest BCUT2D eigenvalue weighted by Crippen LogP contribution is 2.31. The van der Waals surface area contributed by atoms with E-state index in [9.17, 15) is 22.0 Å². The minimum absolute atomic E-state index is 0.0552. The van der Waals surface area contributed by atoms with Gasteiger partial charge in [0.15, 0.2) is 0 Å². The molecule has 230 valence electrons. The van der Waals surface area contributed by atoms with E-state index in [4.69, 9.17) is 0 Å². The van der Waals surface area contributed by atoms with Gasteiger partial charge in [0.1, 0.15) is 17.5 Å². The van der Waals surface area contributed by atoms with Crippen molar-refractivity contribution < 1.29 is 26.4 Å². The van der Waals surface area contributed by atoms with Crippen LogP contribution in [-0.4, -0.2) is 43.8 Å². The van der Waals surface area contributed by atoms with E-state index in [0.717, 1.165) is 0 Å². The fraction of sp³-hybridized carbons (Fsp3) is 0.265. The highest BCUT2D eigenvalue weighted by Gasteiger charge is 2.37. The molecular weight excluding hydrogens is 587 g/mol. The predicted molar refractivity (Wildman–Crippen MR) is 164 cm³/mol. The fourth-order valence-corrected chi connectivity index (χ4v) is 7.69. The summed E-state index contributed by atoms with van der Waals surface area (Å²) in [5, 5.41) is 6.11. The maximum absolute atomic E-state index is 15.2. The zero-order valence-electron chi connectivity index (χ0n) is 24.2. The number of anilines is 1. The SMILES string of the molecule is C[C@H]1CNC[C@@H](CCc2c(F)cccc2NC(=O)CC(c2ccc(F)cc2)c2ccc(F)cc2)N1S(=O)(=O)c1ccccc1. The zero-order valence-corrected chi connectivity index (χ0v) is 25.0. The Morgan fingerprint density at radius 3 is 2.09 bits per heavy atom. The summed E-state index contributed by atoms with van der Waals surface area (Å²) in [5.74, 6) is -2.25. The summed E-state index contributed by atoms with van der Waals surface area (Å²) in [6, 6.07) is 23.5. The second-order valence-electron chi connectivity index (χ2n) is 11.0. The van der Waals surface area contributed by atoms with E-state index >= 15 is 4.39 Å². The molecule has 5 rings (SSSR count). The first kappa shape index (κ1) is 31.4. The van der Waals surface area contributed by atoms with Gasteiger partial charge in [0.05, 0.1) is 4.90 Å². The van der Waals surface area contributed by atoms with Gasteiger partial charge >= 0.3 is 0 Å². The second-order valence-corrected chi connectivity index (χ2v) is 12.9. The Morgan fingerprint density at radius 1 is 0.864 bits per heavy atom. The van der Waals surface area contributed by atoms with Gasteiger partial charge in [-0.2, -0.15) is 4.31 Å². The van der Waals surface area contributed by atoms with Crippen molar-refractivity contribution in [3.63, 3.8) is 0 Å². The number of carbonyl (C=O) groups is 1. The molecule has 0 radical (unpaired) electrons. The molecule has 2 atom stereocenters. The van der Waals surface area contributed by atoms with E-state index in [1.54, 1.807) is 60.7 Å². The number of hydrogen-bond acceptors (Lipinski definition) is 4. The minimum Gasteiger partial charge on any atom is -0.326 e. The Labute approximate surface area is 256 Å². The molecule has 1 aliphatic heterocycles. The number of hydrogen-bond donors (Lipinski definition) is 2. The van der Waals surface area contributed by atoms with Crippen LogP contribution in [0.25, 0.3) is 0 Å². The Kier molecular flexibility index (Phi) is 9.83. The summed E-state index contributed by atoms with van der Waals surface area (Å²) in [6.45, 7) is 2.74. The third-order valence-electron chi connectivity index (χ3n) is 7.99. The van der Waals surface area contributed by atoms with Crippen molar-refractivity contribution in [1.82, 2.24) is 9.62 Å². The number of halogens is 3. The lowest BCUT2D eigenvalue weighted by molar-refractivity contribution is -0.116. The standard InChI is InChI=1S/C34H34F3N3O3S/c1-23-21-38-22-28(40(23)44(42,43)29-6-3-2-4-7-29)18-19-30-32(37)8-5-9-33(30)39-34(41)20-31(24-10-14-26(35)15-11-24)25-12-16-27(36)17-13-25/h2-17,23,28,31,38H,18-22H2,1H3,(H,39,41)/t23-,28+/m0/s1. The molecular formula is C34H34F3N3O3S.